The van der Waals surface area contributed by atoms with Crippen LogP contribution >= 0.6 is 34.8 Å². The van der Waals surface area contributed by atoms with Crippen LogP contribution in [0, 0.1) is 0 Å². The minimum absolute atomic E-state index is 0.0591. The van der Waals surface area contributed by atoms with Crippen LogP contribution in [0.2, 0.25) is 15.1 Å². The van der Waals surface area contributed by atoms with E-state index in [1.54, 1.807) is 18.2 Å². The first-order chi connectivity index (χ1) is 9.04. The molecule has 3 aromatic rings. The quantitative estimate of drug-likeness (QED) is 0.671. The highest BCUT2D eigenvalue weighted by Gasteiger charge is 2.13. The molecule has 0 saturated carbocycles. The van der Waals surface area contributed by atoms with Crippen LogP contribution < -0.4 is 0 Å². The fraction of sp³-hybridized carbons (Fsp3) is 0. The molecule has 0 saturated heterocycles. The third kappa shape index (κ3) is 2.25. The Balaban J connectivity index is 2.24. The number of phenolic OH excluding ortho intramolecular Hbond substituents is 1. The highest BCUT2D eigenvalue weighted by atomic mass is 35.5. The van der Waals surface area contributed by atoms with Crippen molar-refractivity contribution in [2.45, 2.75) is 0 Å². The number of phenols is 1. The smallest absolute Gasteiger partial charge is 0.145 e. The molecule has 3 rings (SSSR count). The summed E-state index contributed by atoms with van der Waals surface area (Å²) in [7, 11) is 0. The lowest BCUT2D eigenvalue weighted by Crippen LogP contribution is -1.83. The van der Waals surface area contributed by atoms with E-state index in [2.05, 4.69) is 9.97 Å². The molecule has 3 nitrogen and oxygen atoms in total. The number of nitrogens with one attached hydrogen (secondary N) is 1. The Morgan fingerprint density at radius 1 is 1.00 bits per heavy atom. The summed E-state index contributed by atoms with van der Waals surface area (Å²) in [6.07, 6.45) is 0. The van der Waals surface area contributed by atoms with Gasteiger partial charge in [0, 0.05) is 10.0 Å². The Morgan fingerprint density at radius 2 is 1.79 bits per heavy atom. The number of rotatable bonds is 1. The first-order valence-electron chi connectivity index (χ1n) is 5.38. The minimum Gasteiger partial charge on any atom is -0.506 e. The van der Waals surface area contributed by atoms with Crippen LogP contribution in [0.25, 0.3) is 22.4 Å². The largest absolute Gasteiger partial charge is 0.506 e. The summed E-state index contributed by atoms with van der Waals surface area (Å²) in [6.45, 7) is 0. The zero-order valence-corrected chi connectivity index (χ0v) is 11.7. The van der Waals surface area contributed by atoms with Crippen LogP contribution in [0.15, 0.2) is 30.3 Å². The number of halogens is 3. The van der Waals surface area contributed by atoms with Crippen LogP contribution in [0.5, 0.6) is 5.75 Å². The molecule has 19 heavy (non-hydrogen) atoms. The van der Waals surface area contributed by atoms with E-state index in [-0.39, 0.29) is 10.8 Å². The first-order valence-corrected chi connectivity index (χ1v) is 6.51. The number of aromatic amines is 1. The van der Waals surface area contributed by atoms with E-state index >= 15 is 0 Å². The zero-order valence-electron chi connectivity index (χ0n) is 9.42. The molecule has 0 bridgehead atoms. The monoisotopic (exact) mass is 312 g/mol. The highest BCUT2D eigenvalue weighted by Crippen LogP contribution is 2.37. The lowest BCUT2D eigenvalue weighted by atomic mass is 10.2. The summed E-state index contributed by atoms with van der Waals surface area (Å²) < 4.78 is 0. The molecule has 0 aliphatic rings. The maximum atomic E-state index is 9.98. The SMILES string of the molecule is Oc1c(Cl)cc(Cl)cc1-c1nc2cc(Cl)ccc2[nH]1. The van der Waals surface area contributed by atoms with E-state index in [4.69, 9.17) is 34.8 Å². The maximum Gasteiger partial charge on any atom is 0.145 e. The van der Waals surface area contributed by atoms with E-state index < -0.39 is 0 Å². The molecule has 1 heterocycles. The lowest BCUT2D eigenvalue weighted by molar-refractivity contribution is 0.477. The Hall–Kier alpha value is -1.42. The number of imidazole rings is 1. The van der Waals surface area contributed by atoms with E-state index in [1.165, 1.54) is 6.07 Å². The normalized spacial score (nSPS) is 11.1. The van der Waals surface area contributed by atoms with Crippen LogP contribution in [-0.4, -0.2) is 15.1 Å². The summed E-state index contributed by atoms with van der Waals surface area (Å²) in [5.74, 6) is 0.426. The average Bonchev–Trinajstić information content (AvgIpc) is 2.76. The highest BCUT2D eigenvalue weighted by molar-refractivity contribution is 6.36. The fourth-order valence-corrected chi connectivity index (χ4v) is 2.51. The molecule has 0 aliphatic carbocycles. The molecular formula is C13H7Cl3N2O. The van der Waals surface area contributed by atoms with Gasteiger partial charge in [-0.15, -0.1) is 0 Å². The van der Waals surface area contributed by atoms with Gasteiger partial charge >= 0.3 is 0 Å². The second kappa shape index (κ2) is 4.60. The molecule has 0 radical (unpaired) electrons. The van der Waals surface area contributed by atoms with E-state index in [1.807, 2.05) is 6.07 Å². The second-order valence-corrected chi connectivity index (χ2v) is 5.31. The number of fused-ring (bicyclic) bond motifs is 1. The third-order valence-electron chi connectivity index (χ3n) is 2.73. The number of H-pyrrole nitrogens is 1. The van der Waals surface area contributed by atoms with Gasteiger partial charge in [-0.05, 0) is 30.3 Å². The summed E-state index contributed by atoms with van der Waals surface area (Å²) in [4.78, 5) is 7.46. The van der Waals surface area contributed by atoms with Crippen molar-refractivity contribution in [1.82, 2.24) is 9.97 Å². The van der Waals surface area contributed by atoms with Gasteiger partial charge in [0.2, 0.25) is 0 Å². The van der Waals surface area contributed by atoms with Gasteiger partial charge in [-0.1, -0.05) is 34.8 Å². The standard InChI is InChI=1S/C13H7Cl3N2O/c14-6-1-2-10-11(5-6)18-13(17-10)8-3-7(15)4-9(16)12(8)19/h1-5,19H,(H,17,18). The summed E-state index contributed by atoms with van der Waals surface area (Å²) >= 11 is 17.7. The van der Waals surface area contributed by atoms with Gasteiger partial charge in [0.1, 0.15) is 11.6 Å². The van der Waals surface area contributed by atoms with Gasteiger partial charge < -0.3 is 10.1 Å². The van der Waals surface area contributed by atoms with Crippen LogP contribution in [0.4, 0.5) is 0 Å². The molecule has 0 unspecified atom stereocenters. The van der Waals surface area contributed by atoms with Crippen molar-refractivity contribution in [3.8, 4) is 17.1 Å². The molecule has 6 heteroatoms. The number of hydrogen-bond acceptors (Lipinski definition) is 2. The Kier molecular flexibility index (Phi) is 3.05. The van der Waals surface area contributed by atoms with E-state index in [9.17, 15) is 5.11 Å². The Bertz CT molecular complexity index is 783. The Labute approximate surface area is 123 Å². The number of nitrogens with zero attached hydrogens (tertiary/aromatic N) is 1. The summed E-state index contributed by atoms with van der Waals surface area (Å²) in [6, 6.07) is 8.39. The molecule has 0 atom stereocenters. The number of hydrogen-bond donors (Lipinski definition) is 2. The lowest BCUT2D eigenvalue weighted by Gasteiger charge is -2.04. The van der Waals surface area contributed by atoms with E-state index in [0.717, 1.165) is 5.52 Å². The van der Waals surface area contributed by atoms with Crippen molar-refractivity contribution in [2.75, 3.05) is 0 Å². The molecular weight excluding hydrogens is 307 g/mol. The van der Waals surface area contributed by atoms with Gasteiger partial charge in [-0.25, -0.2) is 4.98 Å². The van der Waals surface area contributed by atoms with E-state index in [0.29, 0.717) is 26.9 Å². The topological polar surface area (TPSA) is 48.9 Å². The average molecular weight is 314 g/mol. The summed E-state index contributed by atoms with van der Waals surface area (Å²) in [5, 5.41) is 11.2. The number of aromatic nitrogens is 2. The van der Waals surface area contributed by atoms with Gasteiger partial charge in [-0.3, -0.25) is 0 Å². The van der Waals surface area contributed by atoms with Crippen molar-refractivity contribution < 1.29 is 5.11 Å². The van der Waals surface area contributed by atoms with Crippen molar-refractivity contribution >= 4 is 45.8 Å². The predicted octanol–water partition coefficient (Wildman–Crippen LogP) is 4.90. The van der Waals surface area contributed by atoms with Crippen LogP contribution in [0.1, 0.15) is 0 Å². The molecule has 0 fully saturated rings. The van der Waals surface area contributed by atoms with Crippen LogP contribution in [0.3, 0.4) is 0 Å². The first kappa shape index (κ1) is 12.6. The number of benzene rings is 2. The van der Waals surface area contributed by atoms with Gasteiger partial charge in [0.15, 0.2) is 0 Å². The molecule has 96 valence electrons. The molecule has 0 aliphatic heterocycles. The fourth-order valence-electron chi connectivity index (χ4n) is 1.85. The molecule has 0 spiro atoms. The second-order valence-electron chi connectivity index (χ2n) is 4.03. The molecule has 0 amide bonds. The maximum absolute atomic E-state index is 9.98. The van der Waals surface area contributed by atoms with Gasteiger partial charge in [0.05, 0.1) is 21.6 Å². The third-order valence-corrected chi connectivity index (χ3v) is 3.47. The molecule has 2 N–H and O–H groups in total. The van der Waals surface area contributed by atoms with Gasteiger partial charge in [-0.2, -0.15) is 0 Å². The number of aromatic hydroxyl groups is 1. The van der Waals surface area contributed by atoms with Crippen molar-refractivity contribution in [3.05, 3.63) is 45.4 Å². The minimum atomic E-state index is -0.0591. The summed E-state index contributed by atoms with van der Waals surface area (Å²) in [5.41, 5.74) is 1.97. The zero-order chi connectivity index (χ0) is 13.6. The van der Waals surface area contributed by atoms with Crippen molar-refractivity contribution in [3.63, 3.8) is 0 Å². The predicted molar refractivity (Wildman–Crippen MR) is 78.2 cm³/mol. The van der Waals surface area contributed by atoms with Crippen LogP contribution in [-0.2, 0) is 0 Å². The molecule has 1 aromatic heterocycles. The van der Waals surface area contributed by atoms with Crippen molar-refractivity contribution in [1.29, 1.82) is 0 Å². The Morgan fingerprint density at radius 3 is 2.58 bits per heavy atom. The van der Waals surface area contributed by atoms with Gasteiger partial charge in [0.25, 0.3) is 0 Å². The van der Waals surface area contributed by atoms with Crippen molar-refractivity contribution in [2.24, 2.45) is 0 Å². The molecule has 2 aromatic carbocycles.